The minimum Gasteiger partial charge on any atom is -0.314 e. The predicted molar refractivity (Wildman–Crippen MR) is 51.2 cm³/mol. The molecule has 2 saturated heterocycles. The van der Waals surface area contributed by atoms with Gasteiger partial charge in [0.05, 0.1) is 0 Å². The van der Waals surface area contributed by atoms with E-state index in [1.165, 1.54) is 32.5 Å². The Morgan fingerprint density at radius 3 is 2.92 bits per heavy atom. The Hall–Kier alpha value is -0.0800. The fraction of sp³-hybridized carbons (Fsp3) is 1.00. The lowest BCUT2D eigenvalue weighted by molar-refractivity contribution is 0.104. The first kappa shape index (κ1) is 8.52. The van der Waals surface area contributed by atoms with E-state index in [1.807, 2.05) is 0 Å². The average molecular weight is 168 g/mol. The average Bonchev–Trinajstić information content (AvgIpc) is 2.49. The molecular weight excluding hydrogens is 148 g/mol. The Morgan fingerprint density at radius 1 is 1.33 bits per heavy atom. The lowest BCUT2D eigenvalue weighted by atomic mass is 9.99. The summed E-state index contributed by atoms with van der Waals surface area (Å²) in [5.41, 5.74) is 0. The van der Waals surface area contributed by atoms with Gasteiger partial charge in [0.15, 0.2) is 0 Å². The highest BCUT2D eigenvalue weighted by Gasteiger charge is 2.34. The van der Waals surface area contributed by atoms with E-state index in [0.29, 0.717) is 0 Å². The molecule has 1 N–H and O–H groups in total. The Balaban J connectivity index is 2.03. The van der Waals surface area contributed by atoms with Gasteiger partial charge in [0.25, 0.3) is 0 Å². The van der Waals surface area contributed by atoms with Gasteiger partial charge >= 0.3 is 0 Å². The number of hydrogen-bond donors (Lipinski definition) is 1. The van der Waals surface area contributed by atoms with Crippen LogP contribution in [-0.4, -0.2) is 36.6 Å². The van der Waals surface area contributed by atoms with Crippen molar-refractivity contribution in [3.05, 3.63) is 0 Å². The first-order chi connectivity index (χ1) is 5.79. The lowest BCUT2D eigenvalue weighted by Gasteiger charge is -2.40. The highest BCUT2D eigenvalue weighted by atomic mass is 15.3. The van der Waals surface area contributed by atoms with Gasteiger partial charge in [-0.15, -0.1) is 0 Å². The van der Waals surface area contributed by atoms with Gasteiger partial charge in [-0.05, 0) is 25.3 Å². The van der Waals surface area contributed by atoms with Crippen LogP contribution in [0.25, 0.3) is 0 Å². The fourth-order valence-corrected chi connectivity index (χ4v) is 2.65. The molecule has 2 atom stereocenters. The number of fused-ring (bicyclic) bond motifs is 1. The SMILES string of the molecule is CC(C)C1CNC[C@@H]2CCCN12. The maximum absolute atomic E-state index is 3.55. The van der Waals surface area contributed by atoms with Crippen molar-refractivity contribution in [1.29, 1.82) is 0 Å². The third-order valence-electron chi connectivity index (χ3n) is 3.35. The second-order valence-electron chi connectivity index (χ2n) is 4.50. The normalized spacial score (nSPS) is 37.2. The molecule has 0 spiro atoms. The molecule has 0 radical (unpaired) electrons. The summed E-state index contributed by atoms with van der Waals surface area (Å²) in [4.78, 5) is 2.72. The molecule has 2 aliphatic rings. The van der Waals surface area contributed by atoms with Crippen LogP contribution in [0.3, 0.4) is 0 Å². The van der Waals surface area contributed by atoms with Crippen molar-refractivity contribution < 1.29 is 0 Å². The third kappa shape index (κ3) is 1.38. The van der Waals surface area contributed by atoms with Crippen molar-refractivity contribution in [1.82, 2.24) is 10.2 Å². The van der Waals surface area contributed by atoms with Crippen molar-refractivity contribution in [3.8, 4) is 0 Å². The molecule has 2 aliphatic heterocycles. The van der Waals surface area contributed by atoms with Gasteiger partial charge in [0.1, 0.15) is 0 Å². The zero-order chi connectivity index (χ0) is 8.55. The smallest absolute Gasteiger partial charge is 0.0247 e. The van der Waals surface area contributed by atoms with Gasteiger partial charge in [0, 0.05) is 25.2 Å². The first-order valence-electron chi connectivity index (χ1n) is 5.25. The van der Waals surface area contributed by atoms with Crippen LogP contribution in [0, 0.1) is 5.92 Å². The van der Waals surface area contributed by atoms with Crippen LogP contribution >= 0.6 is 0 Å². The van der Waals surface area contributed by atoms with E-state index in [-0.39, 0.29) is 0 Å². The largest absolute Gasteiger partial charge is 0.314 e. The van der Waals surface area contributed by atoms with E-state index in [1.54, 1.807) is 0 Å². The van der Waals surface area contributed by atoms with Gasteiger partial charge in [0.2, 0.25) is 0 Å². The van der Waals surface area contributed by atoms with Crippen molar-refractivity contribution >= 4 is 0 Å². The van der Waals surface area contributed by atoms with Gasteiger partial charge < -0.3 is 5.32 Å². The van der Waals surface area contributed by atoms with Gasteiger partial charge in [-0.2, -0.15) is 0 Å². The monoisotopic (exact) mass is 168 g/mol. The molecule has 2 heteroatoms. The van der Waals surface area contributed by atoms with Gasteiger partial charge in [-0.25, -0.2) is 0 Å². The van der Waals surface area contributed by atoms with Crippen molar-refractivity contribution in [2.75, 3.05) is 19.6 Å². The minimum absolute atomic E-state index is 0.797. The van der Waals surface area contributed by atoms with Crippen molar-refractivity contribution in [2.45, 2.75) is 38.8 Å². The third-order valence-corrected chi connectivity index (χ3v) is 3.35. The van der Waals surface area contributed by atoms with E-state index in [9.17, 15) is 0 Å². The van der Waals surface area contributed by atoms with E-state index in [0.717, 1.165) is 18.0 Å². The molecule has 2 rings (SSSR count). The predicted octanol–water partition coefficient (Wildman–Crippen LogP) is 1.08. The molecular formula is C10H20N2. The Labute approximate surface area is 75.3 Å². The van der Waals surface area contributed by atoms with E-state index in [2.05, 4.69) is 24.1 Å². The molecule has 0 amide bonds. The van der Waals surface area contributed by atoms with E-state index >= 15 is 0 Å². The molecule has 0 aliphatic carbocycles. The maximum atomic E-state index is 3.55. The van der Waals surface area contributed by atoms with E-state index < -0.39 is 0 Å². The van der Waals surface area contributed by atoms with Crippen molar-refractivity contribution in [2.24, 2.45) is 5.92 Å². The molecule has 12 heavy (non-hydrogen) atoms. The van der Waals surface area contributed by atoms with Crippen LogP contribution in [0.1, 0.15) is 26.7 Å². The number of piperazine rings is 1. The highest BCUT2D eigenvalue weighted by Crippen LogP contribution is 2.25. The van der Waals surface area contributed by atoms with Gasteiger partial charge in [-0.3, -0.25) is 4.90 Å². The fourth-order valence-electron chi connectivity index (χ4n) is 2.65. The van der Waals surface area contributed by atoms with Gasteiger partial charge in [-0.1, -0.05) is 13.8 Å². The molecule has 2 heterocycles. The second-order valence-corrected chi connectivity index (χ2v) is 4.50. The zero-order valence-electron chi connectivity index (χ0n) is 8.21. The molecule has 1 unspecified atom stereocenters. The highest BCUT2D eigenvalue weighted by molar-refractivity contribution is 4.92. The van der Waals surface area contributed by atoms with Crippen LogP contribution in [0.5, 0.6) is 0 Å². The Kier molecular flexibility index (Phi) is 2.37. The second kappa shape index (κ2) is 3.35. The zero-order valence-corrected chi connectivity index (χ0v) is 8.21. The van der Waals surface area contributed by atoms with Crippen LogP contribution in [-0.2, 0) is 0 Å². The lowest BCUT2D eigenvalue weighted by Crippen LogP contribution is -2.56. The Bertz CT molecular complexity index is 156. The molecule has 70 valence electrons. The van der Waals surface area contributed by atoms with E-state index in [4.69, 9.17) is 0 Å². The molecule has 0 aromatic heterocycles. The first-order valence-corrected chi connectivity index (χ1v) is 5.25. The van der Waals surface area contributed by atoms with Crippen LogP contribution in [0.4, 0.5) is 0 Å². The quantitative estimate of drug-likeness (QED) is 0.630. The standard InChI is InChI=1S/C10H20N2/c1-8(2)10-7-11-6-9-4-3-5-12(9)10/h8-11H,3-7H2,1-2H3/t9-,10?/m0/s1. The summed E-state index contributed by atoms with van der Waals surface area (Å²) in [5.74, 6) is 0.804. The number of nitrogens with zero attached hydrogens (tertiary/aromatic N) is 1. The topological polar surface area (TPSA) is 15.3 Å². The minimum atomic E-state index is 0.797. The molecule has 0 aromatic carbocycles. The maximum Gasteiger partial charge on any atom is 0.0247 e. The molecule has 0 bridgehead atoms. The Morgan fingerprint density at radius 2 is 2.17 bits per heavy atom. The molecule has 0 saturated carbocycles. The van der Waals surface area contributed by atoms with Crippen LogP contribution < -0.4 is 5.32 Å². The molecule has 2 fully saturated rings. The summed E-state index contributed by atoms with van der Waals surface area (Å²) in [7, 11) is 0. The summed E-state index contributed by atoms with van der Waals surface area (Å²) < 4.78 is 0. The van der Waals surface area contributed by atoms with Crippen LogP contribution in [0.2, 0.25) is 0 Å². The summed E-state index contributed by atoms with van der Waals surface area (Å²) in [6, 6.07) is 1.65. The number of rotatable bonds is 1. The number of hydrogen-bond acceptors (Lipinski definition) is 2. The summed E-state index contributed by atoms with van der Waals surface area (Å²) >= 11 is 0. The van der Waals surface area contributed by atoms with Crippen LogP contribution in [0.15, 0.2) is 0 Å². The van der Waals surface area contributed by atoms with Crippen molar-refractivity contribution in [3.63, 3.8) is 0 Å². The summed E-state index contributed by atoms with van der Waals surface area (Å²) in [6.07, 6.45) is 2.83. The molecule has 0 aromatic rings. The summed E-state index contributed by atoms with van der Waals surface area (Å²) in [6.45, 7) is 8.45. The number of nitrogens with one attached hydrogen (secondary N) is 1. The summed E-state index contributed by atoms with van der Waals surface area (Å²) in [5, 5.41) is 3.55. The molecule has 2 nitrogen and oxygen atoms in total.